The van der Waals surface area contributed by atoms with E-state index in [1.807, 2.05) is 18.2 Å². The summed E-state index contributed by atoms with van der Waals surface area (Å²) in [5, 5.41) is 8.76. The molecule has 0 saturated heterocycles. The van der Waals surface area contributed by atoms with E-state index in [9.17, 15) is 4.79 Å². The third kappa shape index (κ3) is 4.58. The summed E-state index contributed by atoms with van der Waals surface area (Å²) >= 11 is 0. The minimum atomic E-state index is 0.234. The van der Waals surface area contributed by atoms with Crippen molar-refractivity contribution in [1.29, 1.82) is 0 Å². The summed E-state index contributed by atoms with van der Waals surface area (Å²) in [6.07, 6.45) is 3.38. The van der Waals surface area contributed by atoms with Crippen LogP contribution in [-0.2, 0) is 4.79 Å². The van der Waals surface area contributed by atoms with Crippen molar-refractivity contribution < 1.29 is 9.90 Å². The van der Waals surface area contributed by atoms with Crippen LogP contribution in [0.15, 0.2) is 30.3 Å². The van der Waals surface area contributed by atoms with Crippen LogP contribution < -0.4 is 0 Å². The van der Waals surface area contributed by atoms with Crippen molar-refractivity contribution in [3.05, 3.63) is 35.9 Å². The monoisotopic (exact) mass is 220 g/mol. The molecule has 1 aromatic carbocycles. The predicted octanol–water partition coefficient (Wildman–Crippen LogP) is 2.91. The van der Waals surface area contributed by atoms with E-state index in [0.29, 0.717) is 12.3 Å². The molecular weight excluding hydrogens is 200 g/mol. The topological polar surface area (TPSA) is 37.3 Å². The zero-order chi connectivity index (χ0) is 11.8. The maximum Gasteiger partial charge on any atom is 0.130 e. The second-order valence-electron chi connectivity index (χ2n) is 4.23. The fourth-order valence-electron chi connectivity index (χ4n) is 1.96. The Bertz CT molecular complexity index is 306. The van der Waals surface area contributed by atoms with Gasteiger partial charge in [-0.25, -0.2) is 0 Å². The summed E-state index contributed by atoms with van der Waals surface area (Å²) < 4.78 is 0. The highest BCUT2D eigenvalue weighted by Gasteiger charge is 2.12. The van der Waals surface area contributed by atoms with Gasteiger partial charge in [0, 0.05) is 13.0 Å². The van der Waals surface area contributed by atoms with E-state index in [-0.39, 0.29) is 12.4 Å². The number of rotatable bonds is 7. The SMILES string of the molecule is CC(=O)CC(CCCCO)c1ccccc1. The van der Waals surface area contributed by atoms with Crippen molar-refractivity contribution in [3.8, 4) is 0 Å². The fourth-order valence-corrected chi connectivity index (χ4v) is 1.96. The molecule has 16 heavy (non-hydrogen) atoms. The molecule has 0 amide bonds. The molecule has 2 heteroatoms. The normalized spacial score (nSPS) is 12.4. The maximum atomic E-state index is 11.2. The van der Waals surface area contributed by atoms with Crippen LogP contribution in [0.1, 0.15) is 44.1 Å². The molecule has 0 radical (unpaired) electrons. The number of Topliss-reactive ketones (excluding diaryl/α,β-unsaturated/α-hetero) is 1. The molecule has 1 rings (SSSR count). The molecule has 0 saturated carbocycles. The smallest absolute Gasteiger partial charge is 0.130 e. The molecule has 1 unspecified atom stereocenters. The van der Waals surface area contributed by atoms with E-state index in [4.69, 9.17) is 5.11 Å². The summed E-state index contributed by atoms with van der Waals surface area (Å²) in [6, 6.07) is 10.2. The van der Waals surface area contributed by atoms with Crippen molar-refractivity contribution in [2.45, 2.75) is 38.5 Å². The summed E-state index contributed by atoms with van der Waals surface area (Å²) in [4.78, 5) is 11.2. The van der Waals surface area contributed by atoms with Gasteiger partial charge >= 0.3 is 0 Å². The third-order valence-electron chi connectivity index (χ3n) is 2.77. The van der Waals surface area contributed by atoms with Crippen LogP contribution in [0.4, 0.5) is 0 Å². The first-order chi connectivity index (χ1) is 7.74. The van der Waals surface area contributed by atoms with Gasteiger partial charge in [0.2, 0.25) is 0 Å². The third-order valence-corrected chi connectivity index (χ3v) is 2.77. The second kappa shape index (κ2) is 7.18. The van der Waals surface area contributed by atoms with Crippen molar-refractivity contribution in [2.24, 2.45) is 0 Å². The molecule has 0 aliphatic heterocycles. The molecule has 0 aliphatic rings. The maximum absolute atomic E-state index is 11.2. The Balaban J connectivity index is 2.60. The Labute approximate surface area is 97.3 Å². The first kappa shape index (κ1) is 12.9. The van der Waals surface area contributed by atoms with Gasteiger partial charge in [-0.3, -0.25) is 0 Å². The Hall–Kier alpha value is -1.15. The molecule has 1 atom stereocenters. The Kier molecular flexibility index (Phi) is 5.79. The van der Waals surface area contributed by atoms with Gasteiger partial charge in [-0.05, 0) is 31.2 Å². The van der Waals surface area contributed by atoms with Crippen molar-refractivity contribution in [1.82, 2.24) is 0 Å². The van der Waals surface area contributed by atoms with Gasteiger partial charge < -0.3 is 9.90 Å². The molecule has 1 aromatic rings. The molecule has 2 nitrogen and oxygen atoms in total. The van der Waals surface area contributed by atoms with E-state index in [1.165, 1.54) is 5.56 Å². The summed E-state index contributed by atoms with van der Waals surface area (Å²) in [5.41, 5.74) is 1.23. The fraction of sp³-hybridized carbons (Fsp3) is 0.500. The summed E-state index contributed by atoms with van der Waals surface area (Å²) in [5.74, 6) is 0.545. The lowest BCUT2D eigenvalue weighted by molar-refractivity contribution is -0.117. The van der Waals surface area contributed by atoms with Gasteiger partial charge in [0.1, 0.15) is 5.78 Å². The van der Waals surface area contributed by atoms with Crippen LogP contribution in [0.2, 0.25) is 0 Å². The van der Waals surface area contributed by atoms with Gasteiger partial charge in [-0.1, -0.05) is 36.8 Å². The van der Waals surface area contributed by atoms with E-state index in [0.717, 1.165) is 19.3 Å². The van der Waals surface area contributed by atoms with Crippen LogP contribution in [0.25, 0.3) is 0 Å². The van der Waals surface area contributed by atoms with Crippen LogP contribution in [0, 0.1) is 0 Å². The standard InChI is InChI=1S/C14H20O2/c1-12(16)11-14(9-5-6-10-15)13-7-3-2-4-8-13/h2-4,7-8,14-15H,5-6,9-11H2,1H3. The summed E-state index contributed by atoms with van der Waals surface area (Å²) in [6.45, 7) is 1.88. The van der Waals surface area contributed by atoms with Crippen molar-refractivity contribution in [2.75, 3.05) is 6.61 Å². The molecular formula is C14H20O2. The Morgan fingerprint density at radius 3 is 2.50 bits per heavy atom. The predicted molar refractivity (Wildman–Crippen MR) is 65.4 cm³/mol. The number of hydrogen-bond donors (Lipinski definition) is 1. The Morgan fingerprint density at radius 2 is 1.94 bits per heavy atom. The molecule has 0 aromatic heterocycles. The van der Waals surface area contributed by atoms with Gasteiger partial charge in [-0.15, -0.1) is 0 Å². The minimum Gasteiger partial charge on any atom is -0.396 e. The van der Waals surface area contributed by atoms with E-state index < -0.39 is 0 Å². The number of unbranched alkanes of at least 4 members (excludes halogenated alkanes) is 1. The van der Waals surface area contributed by atoms with Gasteiger partial charge in [0.25, 0.3) is 0 Å². The first-order valence-electron chi connectivity index (χ1n) is 5.89. The zero-order valence-corrected chi connectivity index (χ0v) is 9.86. The van der Waals surface area contributed by atoms with Gasteiger partial charge in [0.05, 0.1) is 0 Å². The summed E-state index contributed by atoms with van der Waals surface area (Å²) in [7, 11) is 0. The average molecular weight is 220 g/mol. The zero-order valence-electron chi connectivity index (χ0n) is 9.86. The number of carbonyl (C=O) groups is 1. The minimum absolute atomic E-state index is 0.234. The lowest BCUT2D eigenvalue weighted by atomic mass is 9.89. The van der Waals surface area contributed by atoms with Crippen LogP contribution >= 0.6 is 0 Å². The van der Waals surface area contributed by atoms with Crippen LogP contribution in [-0.4, -0.2) is 17.5 Å². The van der Waals surface area contributed by atoms with E-state index >= 15 is 0 Å². The molecule has 1 N–H and O–H groups in total. The molecule has 0 heterocycles. The van der Waals surface area contributed by atoms with Gasteiger partial charge in [0.15, 0.2) is 0 Å². The molecule has 0 fully saturated rings. The van der Waals surface area contributed by atoms with Gasteiger partial charge in [-0.2, -0.15) is 0 Å². The largest absolute Gasteiger partial charge is 0.396 e. The number of aliphatic hydroxyl groups is 1. The number of carbonyl (C=O) groups excluding carboxylic acids is 1. The number of benzene rings is 1. The second-order valence-corrected chi connectivity index (χ2v) is 4.23. The average Bonchev–Trinajstić information content (AvgIpc) is 2.29. The molecule has 0 spiro atoms. The lowest BCUT2D eigenvalue weighted by Crippen LogP contribution is -2.05. The van der Waals surface area contributed by atoms with Crippen molar-refractivity contribution in [3.63, 3.8) is 0 Å². The Morgan fingerprint density at radius 1 is 1.25 bits per heavy atom. The molecule has 88 valence electrons. The van der Waals surface area contributed by atoms with Crippen LogP contribution in [0.5, 0.6) is 0 Å². The highest BCUT2D eigenvalue weighted by molar-refractivity contribution is 5.76. The number of hydrogen-bond acceptors (Lipinski definition) is 2. The van der Waals surface area contributed by atoms with Crippen molar-refractivity contribution >= 4 is 5.78 Å². The highest BCUT2D eigenvalue weighted by Crippen LogP contribution is 2.25. The number of ketones is 1. The molecule has 0 bridgehead atoms. The lowest BCUT2D eigenvalue weighted by Gasteiger charge is -2.15. The van der Waals surface area contributed by atoms with Crippen LogP contribution in [0.3, 0.4) is 0 Å². The quantitative estimate of drug-likeness (QED) is 0.717. The van der Waals surface area contributed by atoms with E-state index in [2.05, 4.69) is 12.1 Å². The number of aliphatic hydroxyl groups excluding tert-OH is 1. The van der Waals surface area contributed by atoms with E-state index in [1.54, 1.807) is 6.92 Å². The highest BCUT2D eigenvalue weighted by atomic mass is 16.2. The first-order valence-corrected chi connectivity index (χ1v) is 5.89. The molecule has 0 aliphatic carbocycles.